The molecule has 3 rings (SSSR count). The van der Waals surface area contributed by atoms with Gasteiger partial charge in [0.25, 0.3) is 5.91 Å². The molecule has 22 heavy (non-hydrogen) atoms. The first-order valence-electron chi connectivity index (χ1n) is 7.22. The van der Waals surface area contributed by atoms with E-state index in [4.69, 9.17) is 4.74 Å². The number of halogens is 1. The minimum absolute atomic E-state index is 0.0148. The van der Waals surface area contributed by atoms with Crippen LogP contribution in [0.2, 0.25) is 0 Å². The molecule has 3 nitrogen and oxygen atoms in total. The van der Waals surface area contributed by atoms with Gasteiger partial charge in [-0.25, -0.2) is 0 Å². The summed E-state index contributed by atoms with van der Waals surface area (Å²) in [5.41, 5.74) is 2.85. The highest BCUT2D eigenvalue weighted by Gasteiger charge is 2.28. The maximum absolute atomic E-state index is 12.4. The highest BCUT2D eigenvalue weighted by Crippen LogP contribution is 2.40. The largest absolute Gasteiger partial charge is 0.482 e. The van der Waals surface area contributed by atoms with Crippen LogP contribution in [0, 0.1) is 0 Å². The molecule has 2 aromatic carbocycles. The van der Waals surface area contributed by atoms with E-state index < -0.39 is 0 Å². The second-order valence-electron chi connectivity index (χ2n) is 6.43. The molecule has 0 bridgehead atoms. The van der Waals surface area contributed by atoms with Crippen molar-refractivity contribution in [3.63, 3.8) is 0 Å². The van der Waals surface area contributed by atoms with Crippen LogP contribution in [0.25, 0.3) is 0 Å². The molecule has 4 heteroatoms. The van der Waals surface area contributed by atoms with Gasteiger partial charge in [0.1, 0.15) is 5.75 Å². The Morgan fingerprint density at radius 2 is 1.77 bits per heavy atom. The third-order valence-corrected chi connectivity index (χ3v) is 4.28. The Balaban J connectivity index is 2.13. The number of nitrogens with zero attached hydrogens (tertiary/aromatic N) is 1. The number of benzene rings is 2. The van der Waals surface area contributed by atoms with E-state index in [1.54, 1.807) is 4.90 Å². The van der Waals surface area contributed by atoms with Crippen molar-refractivity contribution in [2.45, 2.75) is 26.2 Å². The lowest BCUT2D eigenvalue weighted by Crippen LogP contribution is -2.35. The standard InChI is InChI=1S/C18H18BrNO2/c1-18(2,3)12-4-9-16-15(10-12)20(17(21)11-22-16)14-7-5-13(19)6-8-14/h4-10H,11H2,1-3H3. The van der Waals surface area contributed by atoms with Crippen LogP contribution in [-0.2, 0) is 10.2 Å². The third kappa shape index (κ3) is 2.75. The lowest BCUT2D eigenvalue weighted by Gasteiger charge is -2.31. The monoisotopic (exact) mass is 359 g/mol. The molecule has 1 heterocycles. The van der Waals surface area contributed by atoms with Crippen LogP contribution in [-0.4, -0.2) is 12.5 Å². The third-order valence-electron chi connectivity index (χ3n) is 3.75. The van der Waals surface area contributed by atoms with Gasteiger partial charge >= 0.3 is 0 Å². The van der Waals surface area contributed by atoms with Gasteiger partial charge in [-0.3, -0.25) is 9.69 Å². The summed E-state index contributed by atoms with van der Waals surface area (Å²) in [5.74, 6) is 0.691. The molecule has 1 aliphatic heterocycles. The first-order chi connectivity index (χ1) is 10.4. The van der Waals surface area contributed by atoms with Gasteiger partial charge in [-0.2, -0.15) is 0 Å². The zero-order chi connectivity index (χ0) is 15.9. The molecule has 114 valence electrons. The number of amides is 1. The first kappa shape index (κ1) is 15.1. The average molecular weight is 360 g/mol. The van der Waals surface area contributed by atoms with Crippen molar-refractivity contribution in [3.8, 4) is 5.75 Å². The van der Waals surface area contributed by atoms with Crippen molar-refractivity contribution in [1.82, 2.24) is 0 Å². The molecule has 1 aliphatic rings. The fourth-order valence-electron chi connectivity index (χ4n) is 2.49. The van der Waals surface area contributed by atoms with Crippen molar-refractivity contribution in [2.24, 2.45) is 0 Å². The fraction of sp³-hybridized carbons (Fsp3) is 0.278. The molecule has 0 saturated carbocycles. The van der Waals surface area contributed by atoms with E-state index in [0.717, 1.165) is 21.6 Å². The summed E-state index contributed by atoms with van der Waals surface area (Å²) < 4.78 is 6.57. The summed E-state index contributed by atoms with van der Waals surface area (Å²) in [5, 5.41) is 0. The molecule has 0 radical (unpaired) electrons. The SMILES string of the molecule is CC(C)(C)c1ccc2c(c1)N(c1ccc(Br)cc1)C(=O)CO2. The summed E-state index contributed by atoms with van der Waals surface area (Å²) in [6.45, 7) is 6.54. The van der Waals surface area contributed by atoms with E-state index in [1.165, 1.54) is 5.56 Å². The van der Waals surface area contributed by atoms with Crippen molar-refractivity contribution < 1.29 is 9.53 Å². The predicted octanol–water partition coefficient (Wildman–Crippen LogP) is 4.80. The number of fused-ring (bicyclic) bond motifs is 1. The predicted molar refractivity (Wildman–Crippen MR) is 91.9 cm³/mol. The summed E-state index contributed by atoms with van der Waals surface area (Å²) in [6.07, 6.45) is 0. The Labute approximate surface area is 139 Å². The van der Waals surface area contributed by atoms with Crippen molar-refractivity contribution in [1.29, 1.82) is 0 Å². The van der Waals surface area contributed by atoms with Crippen LogP contribution in [0.4, 0.5) is 11.4 Å². The van der Waals surface area contributed by atoms with Crippen molar-refractivity contribution in [2.75, 3.05) is 11.5 Å². The molecule has 0 spiro atoms. The van der Waals surface area contributed by atoms with Crippen LogP contribution < -0.4 is 9.64 Å². The van der Waals surface area contributed by atoms with E-state index >= 15 is 0 Å². The molecule has 0 aliphatic carbocycles. The lowest BCUT2D eigenvalue weighted by molar-refractivity contribution is -0.120. The highest BCUT2D eigenvalue weighted by molar-refractivity contribution is 9.10. The van der Waals surface area contributed by atoms with Gasteiger partial charge in [-0.15, -0.1) is 0 Å². The zero-order valence-electron chi connectivity index (χ0n) is 12.9. The average Bonchev–Trinajstić information content (AvgIpc) is 2.47. The maximum Gasteiger partial charge on any atom is 0.269 e. The van der Waals surface area contributed by atoms with Crippen LogP contribution in [0.5, 0.6) is 5.75 Å². The number of rotatable bonds is 1. The molecule has 1 amide bonds. The second kappa shape index (κ2) is 5.43. The molecular formula is C18H18BrNO2. The quantitative estimate of drug-likeness (QED) is 0.731. The Morgan fingerprint density at radius 1 is 1.09 bits per heavy atom. The van der Waals surface area contributed by atoms with Crippen LogP contribution in [0.3, 0.4) is 0 Å². The molecule has 0 aromatic heterocycles. The lowest BCUT2D eigenvalue weighted by atomic mass is 9.86. The number of carbonyl (C=O) groups is 1. The maximum atomic E-state index is 12.4. The summed E-state index contributed by atoms with van der Waals surface area (Å²) in [4.78, 5) is 14.1. The second-order valence-corrected chi connectivity index (χ2v) is 7.34. The molecule has 2 aromatic rings. The minimum Gasteiger partial charge on any atom is -0.482 e. The smallest absolute Gasteiger partial charge is 0.269 e. The fourth-order valence-corrected chi connectivity index (χ4v) is 2.76. The van der Waals surface area contributed by atoms with Crippen molar-refractivity contribution >= 4 is 33.2 Å². The normalized spacial score (nSPS) is 14.5. The van der Waals surface area contributed by atoms with Gasteiger partial charge in [0.15, 0.2) is 6.61 Å². The van der Waals surface area contributed by atoms with E-state index in [2.05, 4.69) is 48.8 Å². The molecule has 0 unspecified atom stereocenters. The highest BCUT2D eigenvalue weighted by atomic mass is 79.9. The number of carbonyl (C=O) groups excluding carboxylic acids is 1. The van der Waals surface area contributed by atoms with Gasteiger partial charge in [0.2, 0.25) is 0 Å². The molecule has 0 fully saturated rings. The van der Waals surface area contributed by atoms with E-state index in [-0.39, 0.29) is 17.9 Å². The number of hydrogen-bond acceptors (Lipinski definition) is 2. The number of anilines is 2. The van der Waals surface area contributed by atoms with Gasteiger partial charge < -0.3 is 4.74 Å². The number of ether oxygens (including phenoxy) is 1. The Kier molecular flexibility index (Phi) is 3.73. The minimum atomic E-state index is -0.0547. The van der Waals surface area contributed by atoms with Gasteiger partial charge in [-0.05, 0) is 47.4 Å². The molecule has 0 N–H and O–H groups in total. The summed E-state index contributed by atoms with van der Waals surface area (Å²) in [7, 11) is 0. The van der Waals surface area contributed by atoms with E-state index in [1.807, 2.05) is 30.3 Å². The van der Waals surface area contributed by atoms with Gasteiger partial charge in [-0.1, -0.05) is 42.8 Å². The summed E-state index contributed by atoms with van der Waals surface area (Å²) in [6, 6.07) is 13.8. The zero-order valence-corrected chi connectivity index (χ0v) is 14.5. The van der Waals surface area contributed by atoms with Gasteiger partial charge in [0, 0.05) is 10.2 Å². The topological polar surface area (TPSA) is 29.5 Å². The first-order valence-corrected chi connectivity index (χ1v) is 8.01. The van der Waals surface area contributed by atoms with Crippen molar-refractivity contribution in [3.05, 3.63) is 52.5 Å². The van der Waals surface area contributed by atoms with Crippen LogP contribution in [0.1, 0.15) is 26.3 Å². The van der Waals surface area contributed by atoms with E-state index in [0.29, 0.717) is 0 Å². The van der Waals surface area contributed by atoms with Crippen LogP contribution >= 0.6 is 15.9 Å². The molecular weight excluding hydrogens is 342 g/mol. The number of hydrogen-bond donors (Lipinski definition) is 0. The van der Waals surface area contributed by atoms with E-state index in [9.17, 15) is 4.79 Å². The molecule has 0 saturated heterocycles. The molecule has 0 atom stereocenters. The van der Waals surface area contributed by atoms with Gasteiger partial charge in [0.05, 0.1) is 5.69 Å². The Morgan fingerprint density at radius 3 is 2.41 bits per heavy atom. The summed E-state index contributed by atoms with van der Waals surface area (Å²) >= 11 is 3.43. The Hall–Kier alpha value is -1.81. The Bertz CT molecular complexity index is 717. The van der Waals surface area contributed by atoms with Crippen LogP contribution in [0.15, 0.2) is 46.9 Å².